The van der Waals surface area contributed by atoms with Gasteiger partial charge in [-0.2, -0.15) is 5.10 Å². The molecule has 7 nitrogen and oxygen atoms in total. The van der Waals surface area contributed by atoms with Gasteiger partial charge in [-0.1, -0.05) is 23.2 Å². The van der Waals surface area contributed by atoms with E-state index in [-0.39, 0.29) is 5.91 Å². The number of halogens is 2. The van der Waals surface area contributed by atoms with E-state index in [0.29, 0.717) is 47.6 Å². The fourth-order valence-corrected chi connectivity index (χ4v) is 4.13. The molecule has 3 heterocycles. The molecular weight excluding hydrogens is 423 g/mol. The number of hydrogen-bond acceptors (Lipinski definition) is 5. The standard InChI is InChI=1S/C21H22Cl2N6O/c1-13-10-14(2)29(26-13)20-12-19(24-15(3)25-20)27-6-8-28(9-7-27)21(30)17-5-4-16(22)11-18(17)23/h4-5,10-12H,6-9H2,1-3H3. The first-order valence-corrected chi connectivity index (χ1v) is 10.5. The van der Waals surface area contributed by atoms with Gasteiger partial charge in [-0.25, -0.2) is 14.6 Å². The summed E-state index contributed by atoms with van der Waals surface area (Å²) in [6, 6.07) is 8.91. The van der Waals surface area contributed by atoms with Crippen LogP contribution in [0.2, 0.25) is 10.0 Å². The van der Waals surface area contributed by atoms with Crippen LogP contribution in [0, 0.1) is 20.8 Å². The van der Waals surface area contributed by atoms with Crippen molar-refractivity contribution in [3.05, 3.63) is 63.2 Å². The molecule has 9 heteroatoms. The van der Waals surface area contributed by atoms with Crippen molar-refractivity contribution in [2.45, 2.75) is 20.8 Å². The molecule has 1 fully saturated rings. The van der Waals surface area contributed by atoms with Gasteiger partial charge in [-0.3, -0.25) is 4.79 Å². The van der Waals surface area contributed by atoms with Crippen molar-refractivity contribution in [1.82, 2.24) is 24.6 Å². The Morgan fingerprint density at radius 1 is 0.933 bits per heavy atom. The molecule has 0 N–H and O–H groups in total. The van der Waals surface area contributed by atoms with Gasteiger partial charge in [0.2, 0.25) is 0 Å². The Hall–Kier alpha value is -2.64. The molecule has 0 aliphatic carbocycles. The van der Waals surface area contributed by atoms with Crippen LogP contribution in [0.15, 0.2) is 30.3 Å². The third kappa shape index (κ3) is 4.13. The van der Waals surface area contributed by atoms with Gasteiger partial charge in [-0.15, -0.1) is 0 Å². The zero-order chi connectivity index (χ0) is 21.4. The summed E-state index contributed by atoms with van der Waals surface area (Å²) in [7, 11) is 0. The van der Waals surface area contributed by atoms with Crippen molar-refractivity contribution in [3.8, 4) is 5.82 Å². The number of carbonyl (C=O) groups is 1. The van der Waals surface area contributed by atoms with Crippen molar-refractivity contribution in [1.29, 1.82) is 0 Å². The summed E-state index contributed by atoms with van der Waals surface area (Å²) >= 11 is 12.1. The number of aryl methyl sites for hydroxylation is 3. The summed E-state index contributed by atoms with van der Waals surface area (Å²) in [6.07, 6.45) is 0. The third-order valence-corrected chi connectivity index (χ3v) is 5.64. The lowest BCUT2D eigenvalue weighted by atomic mass is 10.1. The number of aromatic nitrogens is 4. The van der Waals surface area contributed by atoms with Gasteiger partial charge in [0, 0.05) is 43.0 Å². The Balaban J connectivity index is 1.50. The normalized spacial score (nSPS) is 14.3. The molecule has 0 unspecified atom stereocenters. The average molecular weight is 445 g/mol. The lowest BCUT2D eigenvalue weighted by Gasteiger charge is -2.35. The van der Waals surface area contributed by atoms with Crippen LogP contribution < -0.4 is 4.90 Å². The number of carbonyl (C=O) groups excluding carboxylic acids is 1. The Morgan fingerprint density at radius 3 is 2.27 bits per heavy atom. The largest absolute Gasteiger partial charge is 0.353 e. The molecule has 4 rings (SSSR count). The summed E-state index contributed by atoms with van der Waals surface area (Å²) in [4.78, 5) is 26.0. The van der Waals surface area contributed by atoms with Crippen LogP contribution in [-0.4, -0.2) is 56.7 Å². The van der Waals surface area contributed by atoms with Crippen molar-refractivity contribution < 1.29 is 4.79 Å². The second-order valence-electron chi connectivity index (χ2n) is 7.37. The third-order valence-electron chi connectivity index (χ3n) is 5.09. The summed E-state index contributed by atoms with van der Waals surface area (Å²) in [5, 5.41) is 5.41. The molecule has 1 aliphatic heterocycles. The second-order valence-corrected chi connectivity index (χ2v) is 8.22. The zero-order valence-corrected chi connectivity index (χ0v) is 18.6. The molecule has 0 spiro atoms. The molecule has 156 valence electrons. The summed E-state index contributed by atoms with van der Waals surface area (Å²) in [5.41, 5.74) is 2.43. The first-order chi connectivity index (χ1) is 14.3. The minimum atomic E-state index is -0.0847. The van der Waals surface area contributed by atoms with Crippen LogP contribution in [0.5, 0.6) is 0 Å². The zero-order valence-electron chi connectivity index (χ0n) is 17.1. The maximum absolute atomic E-state index is 12.9. The number of benzene rings is 1. The Bertz CT molecular complexity index is 1100. The van der Waals surface area contributed by atoms with Gasteiger partial charge >= 0.3 is 0 Å². The number of hydrogen-bond donors (Lipinski definition) is 0. The number of anilines is 1. The number of nitrogens with zero attached hydrogens (tertiary/aromatic N) is 6. The molecule has 30 heavy (non-hydrogen) atoms. The SMILES string of the molecule is Cc1cc(C)n(-c2cc(N3CCN(C(=O)c4ccc(Cl)cc4Cl)CC3)nc(C)n2)n1. The summed E-state index contributed by atoms with van der Waals surface area (Å²) < 4.78 is 1.83. The van der Waals surface area contributed by atoms with Crippen molar-refractivity contribution in [2.24, 2.45) is 0 Å². The highest BCUT2D eigenvalue weighted by Crippen LogP contribution is 2.24. The predicted octanol–water partition coefficient (Wildman–Crippen LogP) is 3.86. The highest BCUT2D eigenvalue weighted by atomic mass is 35.5. The monoisotopic (exact) mass is 444 g/mol. The van der Waals surface area contributed by atoms with E-state index < -0.39 is 0 Å². The minimum Gasteiger partial charge on any atom is -0.353 e. The molecule has 0 saturated carbocycles. The molecule has 0 bridgehead atoms. The molecule has 1 amide bonds. The quantitative estimate of drug-likeness (QED) is 0.613. The average Bonchev–Trinajstić information content (AvgIpc) is 3.05. The van der Waals surface area contributed by atoms with Gasteiger partial charge in [0.05, 0.1) is 16.3 Å². The fraction of sp³-hybridized carbons (Fsp3) is 0.333. The first-order valence-electron chi connectivity index (χ1n) is 9.70. The first kappa shape index (κ1) is 20.6. The maximum Gasteiger partial charge on any atom is 0.255 e. The molecule has 0 radical (unpaired) electrons. The maximum atomic E-state index is 12.9. The topological polar surface area (TPSA) is 67.2 Å². The number of rotatable bonds is 3. The van der Waals surface area contributed by atoms with Gasteiger partial charge in [0.15, 0.2) is 5.82 Å². The highest BCUT2D eigenvalue weighted by Gasteiger charge is 2.25. The van der Waals surface area contributed by atoms with Crippen LogP contribution in [0.4, 0.5) is 5.82 Å². The molecule has 1 aromatic carbocycles. The summed E-state index contributed by atoms with van der Waals surface area (Å²) in [6.45, 7) is 8.34. The molecule has 2 aromatic heterocycles. The molecule has 3 aromatic rings. The van der Waals surface area contributed by atoms with E-state index in [1.165, 1.54) is 0 Å². The van der Waals surface area contributed by atoms with Crippen LogP contribution >= 0.6 is 23.2 Å². The minimum absolute atomic E-state index is 0.0847. The molecule has 1 saturated heterocycles. The lowest BCUT2D eigenvalue weighted by molar-refractivity contribution is 0.0746. The Morgan fingerprint density at radius 2 is 1.63 bits per heavy atom. The van der Waals surface area contributed by atoms with Crippen LogP contribution in [0.1, 0.15) is 27.6 Å². The van der Waals surface area contributed by atoms with Crippen LogP contribution in [0.25, 0.3) is 5.82 Å². The Labute approximate surface area is 185 Å². The van der Waals surface area contributed by atoms with Crippen LogP contribution in [-0.2, 0) is 0 Å². The van der Waals surface area contributed by atoms with E-state index in [1.807, 2.05) is 42.5 Å². The van der Waals surface area contributed by atoms with E-state index in [1.54, 1.807) is 18.2 Å². The molecule has 1 aliphatic rings. The van der Waals surface area contributed by atoms with Gasteiger partial charge in [0.1, 0.15) is 11.6 Å². The van der Waals surface area contributed by atoms with Gasteiger partial charge in [0.25, 0.3) is 5.91 Å². The molecular formula is C21H22Cl2N6O. The van der Waals surface area contributed by atoms with E-state index in [4.69, 9.17) is 23.2 Å². The van der Waals surface area contributed by atoms with E-state index >= 15 is 0 Å². The van der Waals surface area contributed by atoms with Gasteiger partial charge < -0.3 is 9.80 Å². The number of piperazine rings is 1. The van der Waals surface area contributed by atoms with E-state index in [0.717, 1.165) is 23.0 Å². The second kappa shape index (κ2) is 8.24. The number of amides is 1. The van der Waals surface area contributed by atoms with Crippen molar-refractivity contribution >= 4 is 34.9 Å². The lowest BCUT2D eigenvalue weighted by Crippen LogP contribution is -2.49. The fourth-order valence-electron chi connectivity index (χ4n) is 3.64. The highest BCUT2D eigenvalue weighted by molar-refractivity contribution is 6.36. The van der Waals surface area contributed by atoms with Crippen molar-refractivity contribution in [2.75, 3.05) is 31.1 Å². The predicted molar refractivity (Wildman–Crippen MR) is 118 cm³/mol. The van der Waals surface area contributed by atoms with Gasteiger partial charge in [-0.05, 0) is 45.0 Å². The van der Waals surface area contributed by atoms with E-state index in [9.17, 15) is 4.79 Å². The van der Waals surface area contributed by atoms with E-state index in [2.05, 4.69) is 20.0 Å². The Kier molecular flexibility index (Phi) is 5.66. The molecule has 0 atom stereocenters. The van der Waals surface area contributed by atoms with Crippen LogP contribution in [0.3, 0.4) is 0 Å². The smallest absolute Gasteiger partial charge is 0.255 e. The summed E-state index contributed by atoms with van der Waals surface area (Å²) in [5.74, 6) is 2.18. The van der Waals surface area contributed by atoms with Crippen molar-refractivity contribution in [3.63, 3.8) is 0 Å².